The van der Waals surface area contributed by atoms with E-state index in [1.165, 1.54) is 5.56 Å². The summed E-state index contributed by atoms with van der Waals surface area (Å²) >= 11 is 0. The molecule has 4 heterocycles. The summed E-state index contributed by atoms with van der Waals surface area (Å²) in [5.41, 5.74) is 8.32. The molecule has 0 saturated carbocycles. The molecule has 0 aliphatic carbocycles. The van der Waals surface area contributed by atoms with Gasteiger partial charge in [-0.25, -0.2) is 4.98 Å². The van der Waals surface area contributed by atoms with Crippen LogP contribution in [0.2, 0.25) is 0 Å². The van der Waals surface area contributed by atoms with Crippen molar-refractivity contribution < 1.29 is 9.59 Å². The molecule has 2 N–H and O–H groups in total. The van der Waals surface area contributed by atoms with E-state index in [1.54, 1.807) is 6.07 Å². The lowest BCUT2D eigenvalue weighted by molar-refractivity contribution is -0.148. The van der Waals surface area contributed by atoms with Gasteiger partial charge in [0.1, 0.15) is 5.82 Å². The molecule has 5 rings (SSSR count). The molecule has 162 valence electrons. The van der Waals surface area contributed by atoms with Gasteiger partial charge in [0.25, 0.3) is 5.91 Å². The van der Waals surface area contributed by atoms with Crippen LogP contribution in [0.3, 0.4) is 0 Å². The highest BCUT2D eigenvalue weighted by molar-refractivity contribution is 5.97. The fourth-order valence-corrected chi connectivity index (χ4v) is 6.04. The average Bonchev–Trinajstić information content (AvgIpc) is 2.77. The summed E-state index contributed by atoms with van der Waals surface area (Å²) < 4.78 is 0. The Labute approximate surface area is 183 Å². The smallest absolute Gasteiger partial charge is 0.252 e. The van der Waals surface area contributed by atoms with Crippen molar-refractivity contribution in [1.29, 1.82) is 0 Å². The van der Waals surface area contributed by atoms with Crippen molar-refractivity contribution in [1.82, 2.24) is 9.88 Å². The number of hydrogen-bond donors (Lipinski definition) is 1. The quantitative estimate of drug-likeness (QED) is 0.828. The highest BCUT2D eigenvalue weighted by Crippen LogP contribution is 2.43. The lowest BCUT2D eigenvalue weighted by Gasteiger charge is -2.57. The van der Waals surface area contributed by atoms with E-state index in [1.807, 2.05) is 19.1 Å². The van der Waals surface area contributed by atoms with Crippen LogP contribution >= 0.6 is 0 Å². The molecule has 2 aromatic rings. The first-order valence-electron chi connectivity index (χ1n) is 11.4. The Morgan fingerprint density at radius 1 is 1.13 bits per heavy atom. The monoisotopic (exact) mass is 418 g/mol. The van der Waals surface area contributed by atoms with Crippen LogP contribution in [0.4, 0.5) is 5.82 Å². The molecule has 6 nitrogen and oxygen atoms in total. The lowest BCUT2D eigenvalue weighted by atomic mass is 9.70. The Morgan fingerprint density at radius 2 is 1.90 bits per heavy atom. The second-order valence-electron chi connectivity index (χ2n) is 9.37. The van der Waals surface area contributed by atoms with Crippen LogP contribution in [0.5, 0.6) is 0 Å². The van der Waals surface area contributed by atoms with Gasteiger partial charge in [0.15, 0.2) is 0 Å². The molecule has 2 amide bonds. The van der Waals surface area contributed by atoms with Crippen molar-refractivity contribution in [3.8, 4) is 0 Å². The number of hydrogen-bond acceptors (Lipinski definition) is 4. The fourth-order valence-electron chi connectivity index (χ4n) is 6.04. The molecule has 3 fully saturated rings. The van der Waals surface area contributed by atoms with E-state index in [0.29, 0.717) is 35.5 Å². The summed E-state index contributed by atoms with van der Waals surface area (Å²) in [6.07, 6.45) is 4.69. The molecular formula is C25H30N4O2. The van der Waals surface area contributed by atoms with E-state index >= 15 is 0 Å². The molecule has 1 aromatic carbocycles. The van der Waals surface area contributed by atoms with Crippen molar-refractivity contribution >= 4 is 17.6 Å². The molecule has 3 aliphatic heterocycles. The lowest BCUT2D eigenvalue weighted by Crippen LogP contribution is -2.65. The average molecular weight is 419 g/mol. The highest BCUT2D eigenvalue weighted by Gasteiger charge is 2.49. The largest absolute Gasteiger partial charge is 0.365 e. The van der Waals surface area contributed by atoms with Crippen molar-refractivity contribution in [2.45, 2.75) is 51.1 Å². The predicted molar refractivity (Wildman–Crippen MR) is 120 cm³/mol. The SMILES string of the molecule is Cc1ccc(C(N)=O)c(N2C[C@H]3C[C@@H](C2)[C@H](Cc2ccccc2)N2C(=O)CCC[C@@H]32)n1. The number of rotatable bonds is 4. The van der Waals surface area contributed by atoms with Gasteiger partial charge in [-0.05, 0) is 62.1 Å². The number of carbonyl (C=O) groups is 2. The van der Waals surface area contributed by atoms with E-state index in [2.05, 4.69) is 34.1 Å². The number of piperidine rings is 3. The second-order valence-corrected chi connectivity index (χ2v) is 9.37. The van der Waals surface area contributed by atoms with Gasteiger partial charge in [0.2, 0.25) is 5.91 Å². The van der Waals surface area contributed by atoms with Gasteiger partial charge in [0, 0.05) is 37.3 Å². The van der Waals surface area contributed by atoms with Crippen molar-refractivity contribution in [2.75, 3.05) is 18.0 Å². The number of pyridine rings is 1. The van der Waals surface area contributed by atoms with E-state index in [9.17, 15) is 9.59 Å². The van der Waals surface area contributed by atoms with Gasteiger partial charge in [-0.3, -0.25) is 9.59 Å². The van der Waals surface area contributed by atoms with E-state index in [4.69, 9.17) is 10.7 Å². The van der Waals surface area contributed by atoms with E-state index in [-0.39, 0.29) is 12.1 Å². The molecule has 3 saturated heterocycles. The first-order valence-corrected chi connectivity index (χ1v) is 11.4. The number of nitrogens with two attached hydrogens (primary N) is 1. The first-order chi connectivity index (χ1) is 15.0. The number of primary amides is 1. The number of benzene rings is 1. The third kappa shape index (κ3) is 3.68. The molecule has 31 heavy (non-hydrogen) atoms. The maximum atomic E-state index is 13.0. The molecule has 4 atom stereocenters. The van der Waals surface area contributed by atoms with Gasteiger partial charge in [-0.1, -0.05) is 30.3 Å². The van der Waals surface area contributed by atoms with Gasteiger partial charge in [0.05, 0.1) is 5.56 Å². The van der Waals surface area contributed by atoms with Crippen LogP contribution in [0.15, 0.2) is 42.5 Å². The first kappa shape index (κ1) is 20.0. The van der Waals surface area contributed by atoms with Gasteiger partial charge in [-0.15, -0.1) is 0 Å². The molecule has 1 aromatic heterocycles. The second kappa shape index (κ2) is 7.98. The summed E-state index contributed by atoms with van der Waals surface area (Å²) in [6.45, 7) is 3.56. The minimum atomic E-state index is -0.437. The Kier molecular flexibility index (Phi) is 5.16. The molecule has 0 spiro atoms. The predicted octanol–water partition coefficient (Wildman–Crippen LogP) is 2.94. The van der Waals surface area contributed by atoms with Crippen LogP contribution in [-0.4, -0.2) is 46.9 Å². The number of nitrogens with zero attached hydrogens (tertiary/aromatic N) is 3. The fraction of sp³-hybridized carbons (Fsp3) is 0.480. The maximum Gasteiger partial charge on any atom is 0.252 e. The number of fused-ring (bicyclic) bond motifs is 4. The summed E-state index contributed by atoms with van der Waals surface area (Å²) in [5.74, 6) is 1.33. The van der Waals surface area contributed by atoms with E-state index < -0.39 is 5.91 Å². The van der Waals surface area contributed by atoms with Crippen LogP contribution in [-0.2, 0) is 11.2 Å². The maximum absolute atomic E-state index is 13.0. The molecule has 2 bridgehead atoms. The number of carbonyl (C=O) groups excluding carboxylic acids is 2. The Balaban J connectivity index is 1.50. The summed E-state index contributed by atoms with van der Waals surface area (Å²) in [5, 5.41) is 0. The third-order valence-corrected chi connectivity index (χ3v) is 7.36. The normalized spacial score (nSPS) is 27.7. The Bertz CT molecular complexity index is 992. The van der Waals surface area contributed by atoms with Crippen LogP contribution in [0.25, 0.3) is 0 Å². The summed E-state index contributed by atoms with van der Waals surface area (Å²) in [4.78, 5) is 34.4. The highest BCUT2D eigenvalue weighted by atomic mass is 16.2. The number of anilines is 1. The minimum absolute atomic E-state index is 0.182. The zero-order chi connectivity index (χ0) is 21.5. The van der Waals surface area contributed by atoms with Crippen molar-refractivity contribution in [2.24, 2.45) is 17.6 Å². The molecule has 3 aliphatic rings. The number of aryl methyl sites for hydroxylation is 1. The zero-order valence-corrected chi connectivity index (χ0v) is 18.0. The molecule has 6 heteroatoms. The summed E-state index contributed by atoms with van der Waals surface area (Å²) in [6, 6.07) is 14.6. The molecule has 0 unspecified atom stereocenters. The third-order valence-electron chi connectivity index (χ3n) is 7.36. The van der Waals surface area contributed by atoms with Crippen LogP contribution in [0, 0.1) is 18.8 Å². The topological polar surface area (TPSA) is 79.5 Å². The van der Waals surface area contributed by atoms with Crippen molar-refractivity contribution in [3.05, 3.63) is 59.3 Å². The summed E-state index contributed by atoms with van der Waals surface area (Å²) in [7, 11) is 0. The van der Waals surface area contributed by atoms with Crippen LogP contribution in [0.1, 0.15) is 47.3 Å². The Hall–Kier alpha value is -2.89. The Morgan fingerprint density at radius 3 is 2.68 bits per heavy atom. The van der Waals surface area contributed by atoms with Crippen LogP contribution < -0.4 is 10.6 Å². The minimum Gasteiger partial charge on any atom is -0.365 e. The van der Waals surface area contributed by atoms with Gasteiger partial charge >= 0.3 is 0 Å². The van der Waals surface area contributed by atoms with E-state index in [0.717, 1.165) is 44.5 Å². The van der Waals surface area contributed by atoms with Crippen molar-refractivity contribution in [3.63, 3.8) is 0 Å². The standard InChI is InChI=1S/C25H30N4O2/c1-16-10-11-20(24(26)31)25(27-16)28-14-18-13-19(15-28)22(12-17-6-3-2-4-7-17)29-21(18)8-5-9-23(29)30/h2-4,6-7,10-11,18-19,21-22H,5,8-9,12-15H2,1H3,(H2,26,31)/t18-,19+,21+,22+/m1/s1. The van der Waals surface area contributed by atoms with Gasteiger partial charge < -0.3 is 15.5 Å². The molecular weight excluding hydrogens is 388 g/mol. The number of aromatic nitrogens is 1. The number of amides is 2. The molecule has 0 radical (unpaired) electrons. The van der Waals surface area contributed by atoms with Gasteiger partial charge in [-0.2, -0.15) is 0 Å². The zero-order valence-electron chi connectivity index (χ0n) is 18.0.